The molecule has 2 N–H and O–H groups in total. The molecule has 1 heterocycles. The summed E-state index contributed by atoms with van der Waals surface area (Å²) < 4.78 is 5.58. The van der Waals surface area contributed by atoms with Crippen LogP contribution >= 0.6 is 11.3 Å². The number of nitro groups is 1. The highest BCUT2D eigenvalue weighted by Gasteiger charge is 2.22. The highest BCUT2D eigenvalue weighted by atomic mass is 32.1. The molecule has 1 saturated carbocycles. The van der Waals surface area contributed by atoms with Crippen LogP contribution < -0.4 is 10.5 Å². The number of thiazole rings is 1. The molecule has 88 valence electrons. The van der Waals surface area contributed by atoms with E-state index in [0.717, 1.165) is 37.0 Å². The van der Waals surface area contributed by atoms with E-state index in [1.165, 1.54) is 6.20 Å². The molecular formula is C9H13N3O3S. The quantitative estimate of drug-likeness (QED) is 0.644. The minimum absolute atomic E-state index is 0.0162. The Balaban J connectivity index is 1.91. The normalized spacial score (nSPS) is 25.3. The highest BCUT2D eigenvalue weighted by molar-refractivity contribution is 7.16. The lowest BCUT2D eigenvalue weighted by atomic mass is 9.94. The number of nitrogens with zero attached hydrogens (tertiary/aromatic N) is 2. The van der Waals surface area contributed by atoms with Crippen LogP contribution in [0.2, 0.25) is 0 Å². The van der Waals surface area contributed by atoms with Gasteiger partial charge in [-0.15, -0.1) is 0 Å². The maximum absolute atomic E-state index is 10.5. The van der Waals surface area contributed by atoms with Crippen molar-refractivity contribution < 1.29 is 9.66 Å². The molecular weight excluding hydrogens is 230 g/mol. The summed E-state index contributed by atoms with van der Waals surface area (Å²) in [4.78, 5) is 13.9. The second kappa shape index (κ2) is 4.75. The van der Waals surface area contributed by atoms with Gasteiger partial charge in [0, 0.05) is 6.04 Å². The Morgan fingerprint density at radius 2 is 2.19 bits per heavy atom. The first-order valence-corrected chi connectivity index (χ1v) is 5.99. The fourth-order valence-corrected chi connectivity index (χ4v) is 2.39. The minimum atomic E-state index is -0.457. The van der Waals surface area contributed by atoms with Crippen molar-refractivity contribution in [3.63, 3.8) is 0 Å². The lowest BCUT2D eigenvalue weighted by Crippen LogP contribution is -2.31. The van der Waals surface area contributed by atoms with Gasteiger partial charge in [-0.1, -0.05) is 0 Å². The molecule has 0 bridgehead atoms. The van der Waals surface area contributed by atoms with Gasteiger partial charge in [0.2, 0.25) is 0 Å². The number of ether oxygens (including phenoxy) is 1. The number of hydrogen-bond donors (Lipinski definition) is 1. The fourth-order valence-electron chi connectivity index (χ4n) is 1.74. The molecule has 16 heavy (non-hydrogen) atoms. The SMILES string of the molecule is NC1CCC(Oc2ncc([N+](=O)[O-])s2)CC1. The fraction of sp³-hybridized carbons (Fsp3) is 0.667. The molecule has 0 atom stereocenters. The van der Waals surface area contributed by atoms with E-state index in [1.807, 2.05) is 0 Å². The molecule has 0 aromatic carbocycles. The minimum Gasteiger partial charge on any atom is -0.467 e. The molecule has 6 nitrogen and oxygen atoms in total. The van der Waals surface area contributed by atoms with Crippen LogP contribution in [0.15, 0.2) is 6.20 Å². The highest BCUT2D eigenvalue weighted by Crippen LogP contribution is 2.30. The molecule has 0 spiro atoms. The van der Waals surface area contributed by atoms with E-state index >= 15 is 0 Å². The van der Waals surface area contributed by atoms with Gasteiger partial charge in [0.05, 0.1) is 4.92 Å². The summed E-state index contributed by atoms with van der Waals surface area (Å²) in [6.45, 7) is 0. The summed E-state index contributed by atoms with van der Waals surface area (Å²) in [7, 11) is 0. The third kappa shape index (κ3) is 2.67. The first-order valence-electron chi connectivity index (χ1n) is 5.17. The molecule has 0 saturated heterocycles. The van der Waals surface area contributed by atoms with Gasteiger partial charge in [-0.2, -0.15) is 0 Å². The Morgan fingerprint density at radius 1 is 1.50 bits per heavy atom. The summed E-state index contributed by atoms with van der Waals surface area (Å²) in [5.41, 5.74) is 5.78. The Labute approximate surface area is 96.6 Å². The predicted molar refractivity (Wildman–Crippen MR) is 59.6 cm³/mol. The van der Waals surface area contributed by atoms with E-state index in [1.54, 1.807) is 0 Å². The monoisotopic (exact) mass is 243 g/mol. The van der Waals surface area contributed by atoms with Gasteiger partial charge < -0.3 is 10.5 Å². The molecule has 0 unspecified atom stereocenters. The molecule has 2 rings (SSSR count). The van der Waals surface area contributed by atoms with Crippen molar-refractivity contribution in [3.8, 4) is 5.19 Å². The molecule has 7 heteroatoms. The van der Waals surface area contributed by atoms with Crippen molar-refractivity contribution in [2.75, 3.05) is 0 Å². The van der Waals surface area contributed by atoms with Crippen LogP contribution in [0, 0.1) is 10.1 Å². The Bertz CT molecular complexity index is 374. The van der Waals surface area contributed by atoms with E-state index in [-0.39, 0.29) is 17.1 Å². The average Bonchev–Trinajstić information content (AvgIpc) is 2.70. The third-order valence-corrected chi connectivity index (χ3v) is 3.48. The van der Waals surface area contributed by atoms with Gasteiger partial charge in [-0.25, -0.2) is 4.98 Å². The number of rotatable bonds is 3. The van der Waals surface area contributed by atoms with E-state index in [4.69, 9.17) is 10.5 Å². The van der Waals surface area contributed by atoms with Gasteiger partial charge in [-0.3, -0.25) is 10.1 Å². The summed E-state index contributed by atoms with van der Waals surface area (Å²) >= 11 is 0.972. The van der Waals surface area contributed by atoms with Gasteiger partial charge in [0.1, 0.15) is 12.3 Å². The van der Waals surface area contributed by atoms with Crippen molar-refractivity contribution in [3.05, 3.63) is 16.3 Å². The van der Waals surface area contributed by atoms with Crippen LogP contribution in [0.4, 0.5) is 5.00 Å². The van der Waals surface area contributed by atoms with Crippen LogP contribution in [0.1, 0.15) is 25.7 Å². The first kappa shape index (κ1) is 11.3. The Morgan fingerprint density at radius 3 is 2.75 bits per heavy atom. The largest absolute Gasteiger partial charge is 0.467 e. The van der Waals surface area contributed by atoms with E-state index in [2.05, 4.69) is 4.98 Å². The first-order chi connectivity index (χ1) is 7.65. The predicted octanol–water partition coefficient (Wildman–Crippen LogP) is 1.70. The van der Waals surface area contributed by atoms with Crippen LogP contribution in [0.25, 0.3) is 0 Å². The standard InChI is InChI=1S/C9H13N3O3S/c10-6-1-3-7(4-2-6)15-9-11-5-8(16-9)12(13)14/h5-7H,1-4,10H2. The lowest BCUT2D eigenvalue weighted by molar-refractivity contribution is -0.380. The average molecular weight is 243 g/mol. The zero-order valence-electron chi connectivity index (χ0n) is 8.67. The smallest absolute Gasteiger partial charge is 0.347 e. The van der Waals surface area contributed by atoms with Crippen LogP contribution in [0.3, 0.4) is 0 Å². The molecule has 1 aromatic heterocycles. The van der Waals surface area contributed by atoms with E-state index in [9.17, 15) is 10.1 Å². The van der Waals surface area contributed by atoms with Crippen molar-refractivity contribution in [2.24, 2.45) is 5.73 Å². The van der Waals surface area contributed by atoms with Crippen molar-refractivity contribution in [2.45, 2.75) is 37.8 Å². The molecule has 1 aromatic rings. The number of nitrogens with two attached hydrogens (primary N) is 1. The second-order valence-electron chi connectivity index (χ2n) is 3.88. The number of aromatic nitrogens is 1. The molecule has 0 aliphatic heterocycles. The summed E-state index contributed by atoms with van der Waals surface area (Å²) in [6.07, 6.45) is 5.01. The zero-order valence-corrected chi connectivity index (χ0v) is 9.48. The van der Waals surface area contributed by atoms with Crippen LogP contribution in [-0.4, -0.2) is 22.1 Å². The van der Waals surface area contributed by atoms with Crippen molar-refractivity contribution >= 4 is 16.3 Å². The van der Waals surface area contributed by atoms with E-state index < -0.39 is 4.92 Å². The maximum Gasteiger partial charge on any atom is 0.347 e. The van der Waals surface area contributed by atoms with Gasteiger partial charge >= 0.3 is 5.00 Å². The van der Waals surface area contributed by atoms with Gasteiger partial charge in [0.25, 0.3) is 5.19 Å². The van der Waals surface area contributed by atoms with Crippen LogP contribution in [0.5, 0.6) is 5.19 Å². The molecule has 1 aliphatic rings. The molecule has 0 amide bonds. The summed E-state index contributed by atoms with van der Waals surface area (Å²) in [6, 6.07) is 0.269. The van der Waals surface area contributed by atoms with Crippen molar-refractivity contribution in [1.82, 2.24) is 4.98 Å². The second-order valence-corrected chi connectivity index (χ2v) is 4.85. The molecule has 1 aliphatic carbocycles. The maximum atomic E-state index is 10.5. The zero-order chi connectivity index (χ0) is 11.5. The van der Waals surface area contributed by atoms with Gasteiger partial charge in [0.15, 0.2) is 0 Å². The molecule has 1 fully saturated rings. The third-order valence-electron chi connectivity index (χ3n) is 2.64. The summed E-state index contributed by atoms with van der Waals surface area (Å²) in [5, 5.41) is 10.9. The topological polar surface area (TPSA) is 91.3 Å². The Kier molecular flexibility index (Phi) is 3.35. The van der Waals surface area contributed by atoms with Crippen molar-refractivity contribution in [1.29, 1.82) is 0 Å². The number of hydrogen-bond acceptors (Lipinski definition) is 6. The summed E-state index contributed by atoms with van der Waals surface area (Å²) in [5.74, 6) is 0. The molecule has 0 radical (unpaired) electrons. The lowest BCUT2D eigenvalue weighted by Gasteiger charge is -2.25. The Hall–Kier alpha value is -1.21. The van der Waals surface area contributed by atoms with Gasteiger partial charge in [-0.05, 0) is 37.0 Å². The van der Waals surface area contributed by atoms with Crippen LogP contribution in [-0.2, 0) is 0 Å². The van der Waals surface area contributed by atoms with E-state index in [0.29, 0.717) is 5.19 Å².